The molecular formula is C20H11F4N3OS. The van der Waals surface area contributed by atoms with Gasteiger partial charge in [0.05, 0.1) is 16.8 Å². The van der Waals surface area contributed by atoms with Crippen LogP contribution < -0.4 is 4.90 Å². The Kier molecular flexibility index (Phi) is 4.98. The van der Waals surface area contributed by atoms with Gasteiger partial charge in [-0.05, 0) is 29.8 Å². The minimum atomic E-state index is -1.04. The molecular weight excluding hydrogens is 406 g/mol. The molecule has 0 bridgehead atoms. The van der Waals surface area contributed by atoms with E-state index >= 15 is 0 Å². The first kappa shape index (κ1) is 19.0. The molecule has 0 atom stereocenters. The SMILES string of the molecule is O=C(c1ccc(F)cc1F)N(Cc1cccnc1)c1nc2c(F)cc(F)cc2s1. The number of hydrogen-bond acceptors (Lipinski definition) is 4. The van der Waals surface area contributed by atoms with Crippen LogP contribution >= 0.6 is 11.3 Å². The number of carbonyl (C=O) groups excluding carboxylic acids is 1. The lowest BCUT2D eigenvalue weighted by atomic mass is 10.1. The number of aromatic nitrogens is 2. The molecule has 0 aliphatic heterocycles. The molecule has 29 heavy (non-hydrogen) atoms. The predicted octanol–water partition coefficient (Wildman–Crippen LogP) is 5.09. The molecule has 1 amide bonds. The number of nitrogens with zero attached hydrogens (tertiary/aromatic N) is 3. The summed E-state index contributed by atoms with van der Waals surface area (Å²) >= 11 is 0.882. The molecule has 0 unspecified atom stereocenters. The summed E-state index contributed by atoms with van der Waals surface area (Å²) in [5.41, 5.74) is 0.130. The molecule has 2 aromatic carbocycles. The van der Waals surface area contributed by atoms with Crippen molar-refractivity contribution in [2.24, 2.45) is 0 Å². The highest BCUT2D eigenvalue weighted by molar-refractivity contribution is 7.22. The highest BCUT2D eigenvalue weighted by Crippen LogP contribution is 2.33. The average Bonchev–Trinajstić information content (AvgIpc) is 3.10. The van der Waals surface area contributed by atoms with Crippen LogP contribution in [0.3, 0.4) is 0 Å². The second-order valence-electron chi connectivity index (χ2n) is 6.11. The number of fused-ring (bicyclic) bond motifs is 1. The number of thiazole rings is 1. The van der Waals surface area contributed by atoms with Crippen molar-refractivity contribution in [3.8, 4) is 0 Å². The summed E-state index contributed by atoms with van der Waals surface area (Å²) < 4.78 is 55.3. The lowest BCUT2D eigenvalue weighted by Crippen LogP contribution is -2.31. The summed E-state index contributed by atoms with van der Waals surface area (Å²) in [7, 11) is 0. The van der Waals surface area contributed by atoms with E-state index in [2.05, 4.69) is 9.97 Å². The molecule has 0 saturated carbocycles. The monoisotopic (exact) mass is 417 g/mol. The third kappa shape index (κ3) is 3.81. The lowest BCUT2D eigenvalue weighted by molar-refractivity contribution is 0.0981. The van der Waals surface area contributed by atoms with Crippen LogP contribution in [-0.2, 0) is 6.54 Å². The summed E-state index contributed by atoms with van der Waals surface area (Å²) in [6.45, 7) is -0.0482. The lowest BCUT2D eigenvalue weighted by Gasteiger charge is -2.20. The van der Waals surface area contributed by atoms with Gasteiger partial charge >= 0.3 is 0 Å². The summed E-state index contributed by atoms with van der Waals surface area (Å²) in [5.74, 6) is -4.31. The Labute approximate surface area is 166 Å². The topological polar surface area (TPSA) is 46.1 Å². The van der Waals surface area contributed by atoms with Gasteiger partial charge in [-0.1, -0.05) is 17.4 Å². The van der Waals surface area contributed by atoms with Crippen LogP contribution in [0.1, 0.15) is 15.9 Å². The van der Waals surface area contributed by atoms with Crippen molar-refractivity contribution in [3.05, 3.63) is 89.3 Å². The second kappa shape index (κ2) is 7.59. The van der Waals surface area contributed by atoms with Crippen molar-refractivity contribution in [1.82, 2.24) is 9.97 Å². The van der Waals surface area contributed by atoms with Crippen LogP contribution in [0.2, 0.25) is 0 Å². The van der Waals surface area contributed by atoms with Gasteiger partial charge in [-0.2, -0.15) is 0 Å². The number of rotatable bonds is 4. The van der Waals surface area contributed by atoms with Crippen molar-refractivity contribution >= 4 is 32.6 Å². The molecule has 4 aromatic rings. The number of carbonyl (C=O) groups is 1. The van der Waals surface area contributed by atoms with E-state index in [1.54, 1.807) is 18.3 Å². The third-order valence-electron chi connectivity index (χ3n) is 4.10. The molecule has 0 aliphatic carbocycles. The smallest absolute Gasteiger partial charge is 0.263 e. The van der Waals surface area contributed by atoms with Crippen LogP contribution in [0.15, 0.2) is 54.9 Å². The minimum Gasteiger partial charge on any atom is -0.279 e. The number of halogens is 4. The molecule has 0 N–H and O–H groups in total. The molecule has 146 valence electrons. The summed E-state index contributed by atoms with van der Waals surface area (Å²) in [6, 6.07) is 7.74. The molecule has 0 spiro atoms. The second-order valence-corrected chi connectivity index (χ2v) is 7.12. The van der Waals surface area contributed by atoms with E-state index in [4.69, 9.17) is 0 Å². The number of hydrogen-bond donors (Lipinski definition) is 0. The van der Waals surface area contributed by atoms with Gasteiger partial charge in [0.1, 0.15) is 23.0 Å². The molecule has 9 heteroatoms. The number of pyridine rings is 1. The van der Waals surface area contributed by atoms with Gasteiger partial charge in [0.15, 0.2) is 10.9 Å². The molecule has 2 heterocycles. The Morgan fingerprint density at radius 3 is 2.52 bits per heavy atom. The quantitative estimate of drug-likeness (QED) is 0.435. The maximum absolute atomic E-state index is 14.2. The van der Waals surface area contributed by atoms with Gasteiger partial charge in [0.2, 0.25) is 0 Å². The van der Waals surface area contributed by atoms with E-state index in [1.807, 2.05) is 0 Å². The van der Waals surface area contributed by atoms with Crippen molar-refractivity contribution < 1.29 is 22.4 Å². The highest BCUT2D eigenvalue weighted by Gasteiger charge is 2.25. The molecule has 4 nitrogen and oxygen atoms in total. The minimum absolute atomic E-state index is 0.0436. The Balaban J connectivity index is 1.82. The number of anilines is 1. The van der Waals surface area contributed by atoms with Crippen LogP contribution in [0, 0.1) is 23.3 Å². The highest BCUT2D eigenvalue weighted by atomic mass is 32.1. The first-order valence-corrected chi connectivity index (χ1v) is 9.15. The van der Waals surface area contributed by atoms with Gasteiger partial charge in [0, 0.05) is 24.5 Å². The van der Waals surface area contributed by atoms with E-state index in [0.29, 0.717) is 17.7 Å². The largest absolute Gasteiger partial charge is 0.279 e. The van der Waals surface area contributed by atoms with E-state index < -0.39 is 29.2 Å². The first-order valence-electron chi connectivity index (χ1n) is 8.34. The maximum Gasteiger partial charge on any atom is 0.263 e. The van der Waals surface area contributed by atoms with Crippen LogP contribution in [0.4, 0.5) is 22.7 Å². The van der Waals surface area contributed by atoms with Crippen molar-refractivity contribution in [1.29, 1.82) is 0 Å². The van der Waals surface area contributed by atoms with Gasteiger partial charge in [-0.15, -0.1) is 0 Å². The zero-order chi connectivity index (χ0) is 20.5. The van der Waals surface area contributed by atoms with Gasteiger partial charge < -0.3 is 0 Å². The van der Waals surface area contributed by atoms with E-state index in [0.717, 1.165) is 34.4 Å². The standard InChI is InChI=1S/C20H11F4N3OS/c21-12-3-4-14(15(23)6-12)19(28)27(10-11-2-1-5-25-9-11)20-26-18-16(24)7-13(22)8-17(18)29-20/h1-9H,10H2. The summed E-state index contributed by atoms with van der Waals surface area (Å²) in [4.78, 5) is 22.3. The van der Waals surface area contributed by atoms with Gasteiger partial charge in [-0.3, -0.25) is 14.7 Å². The Morgan fingerprint density at radius 1 is 1.00 bits per heavy atom. The van der Waals surface area contributed by atoms with Crippen molar-refractivity contribution in [2.75, 3.05) is 4.90 Å². The normalized spacial score (nSPS) is 11.0. The molecule has 0 aliphatic rings. The Morgan fingerprint density at radius 2 is 1.79 bits per heavy atom. The zero-order valence-electron chi connectivity index (χ0n) is 14.6. The third-order valence-corrected chi connectivity index (χ3v) is 5.13. The molecule has 0 fully saturated rings. The fourth-order valence-electron chi connectivity index (χ4n) is 2.77. The Hall–Kier alpha value is -3.33. The summed E-state index contributed by atoms with van der Waals surface area (Å²) in [6.07, 6.45) is 3.06. The van der Waals surface area contributed by atoms with E-state index in [-0.39, 0.29) is 27.5 Å². The average molecular weight is 417 g/mol. The maximum atomic E-state index is 14.2. The van der Waals surface area contributed by atoms with Crippen LogP contribution in [0.25, 0.3) is 10.2 Å². The molecule has 0 saturated heterocycles. The van der Waals surface area contributed by atoms with Crippen molar-refractivity contribution in [2.45, 2.75) is 6.54 Å². The first-order chi connectivity index (χ1) is 13.9. The van der Waals surface area contributed by atoms with Gasteiger partial charge in [0.25, 0.3) is 5.91 Å². The van der Waals surface area contributed by atoms with Crippen LogP contribution in [-0.4, -0.2) is 15.9 Å². The fraction of sp³-hybridized carbons (Fsp3) is 0.0500. The fourth-order valence-corrected chi connectivity index (χ4v) is 3.77. The van der Waals surface area contributed by atoms with Crippen LogP contribution in [0.5, 0.6) is 0 Å². The van der Waals surface area contributed by atoms with E-state index in [9.17, 15) is 22.4 Å². The van der Waals surface area contributed by atoms with Crippen molar-refractivity contribution in [3.63, 3.8) is 0 Å². The summed E-state index contributed by atoms with van der Waals surface area (Å²) in [5, 5.41) is 0.0436. The molecule has 2 aromatic heterocycles. The predicted molar refractivity (Wildman–Crippen MR) is 101 cm³/mol. The van der Waals surface area contributed by atoms with Gasteiger partial charge in [-0.25, -0.2) is 22.5 Å². The molecule has 4 rings (SSSR count). The number of amides is 1. The molecule has 0 radical (unpaired) electrons. The number of benzene rings is 2. The Bertz CT molecular complexity index is 1210. The zero-order valence-corrected chi connectivity index (χ0v) is 15.4. The van der Waals surface area contributed by atoms with E-state index in [1.165, 1.54) is 6.20 Å².